The molecule has 80 valence electrons. The molecule has 0 aromatic heterocycles. The second kappa shape index (κ2) is 3.51. The Kier molecular flexibility index (Phi) is 2.15. The van der Waals surface area contributed by atoms with Crippen molar-refractivity contribution in [3.05, 3.63) is 29.6 Å². The molecule has 2 fully saturated rings. The molecule has 0 heterocycles. The maximum Gasteiger partial charge on any atom is 0.128 e. The summed E-state index contributed by atoms with van der Waals surface area (Å²) in [5.41, 5.74) is 1.86. The largest absolute Gasteiger partial charge is 0.382 e. The summed E-state index contributed by atoms with van der Waals surface area (Å²) in [4.78, 5) is 0. The zero-order valence-corrected chi connectivity index (χ0v) is 8.80. The van der Waals surface area contributed by atoms with E-state index in [1.54, 1.807) is 6.07 Å². The van der Waals surface area contributed by atoms with Crippen LogP contribution >= 0.6 is 0 Å². The fourth-order valence-corrected chi connectivity index (χ4v) is 2.13. The molecule has 0 aliphatic heterocycles. The quantitative estimate of drug-likeness (QED) is 0.794. The molecular weight excluding hydrogens is 189 g/mol. The van der Waals surface area contributed by atoms with Crippen molar-refractivity contribution in [1.82, 2.24) is 0 Å². The monoisotopic (exact) mass is 205 g/mol. The lowest BCUT2D eigenvalue weighted by molar-refractivity contribution is 0.445. The van der Waals surface area contributed by atoms with Gasteiger partial charge in [0.1, 0.15) is 5.82 Å². The summed E-state index contributed by atoms with van der Waals surface area (Å²) < 4.78 is 13.7. The van der Waals surface area contributed by atoms with Crippen molar-refractivity contribution < 1.29 is 4.39 Å². The predicted octanol–water partition coefficient (Wildman–Crippen LogP) is 3.67. The van der Waals surface area contributed by atoms with Crippen molar-refractivity contribution in [2.75, 3.05) is 5.32 Å². The van der Waals surface area contributed by atoms with Gasteiger partial charge in [-0.3, -0.25) is 0 Å². The van der Waals surface area contributed by atoms with E-state index >= 15 is 0 Å². The summed E-state index contributed by atoms with van der Waals surface area (Å²) in [5, 5.41) is 3.37. The van der Waals surface area contributed by atoms with Gasteiger partial charge in [0.2, 0.25) is 0 Å². The molecule has 2 heteroatoms. The highest BCUT2D eigenvalue weighted by molar-refractivity contribution is 5.47. The highest BCUT2D eigenvalue weighted by atomic mass is 19.1. The summed E-state index contributed by atoms with van der Waals surface area (Å²) in [6.45, 7) is 0. The van der Waals surface area contributed by atoms with Crippen LogP contribution in [-0.4, -0.2) is 6.04 Å². The topological polar surface area (TPSA) is 12.0 Å². The second-order valence-electron chi connectivity index (χ2n) is 4.78. The van der Waals surface area contributed by atoms with Gasteiger partial charge in [-0.15, -0.1) is 0 Å². The summed E-state index contributed by atoms with van der Waals surface area (Å²) in [5.74, 6) is 0.476. The van der Waals surface area contributed by atoms with Crippen molar-refractivity contribution >= 4 is 5.69 Å². The van der Waals surface area contributed by atoms with E-state index in [9.17, 15) is 4.39 Å². The maximum absolute atomic E-state index is 13.7. The Labute approximate surface area is 89.7 Å². The first-order valence-corrected chi connectivity index (χ1v) is 5.89. The molecular formula is C13H16FN. The average molecular weight is 205 g/mol. The number of hydrogen-bond donors (Lipinski definition) is 1. The number of halogens is 1. The molecule has 0 bridgehead atoms. The van der Waals surface area contributed by atoms with Crippen LogP contribution in [0.5, 0.6) is 0 Å². The summed E-state index contributed by atoms with van der Waals surface area (Å²) in [6.07, 6.45) is 6.08. The number of hydrogen-bond acceptors (Lipinski definition) is 1. The molecule has 0 spiro atoms. The Morgan fingerprint density at radius 1 is 1.13 bits per heavy atom. The average Bonchev–Trinajstić information content (AvgIpc) is 2.95. The van der Waals surface area contributed by atoms with Crippen LogP contribution in [0.4, 0.5) is 10.1 Å². The highest BCUT2D eigenvalue weighted by Gasteiger charge is 2.26. The number of nitrogens with one attached hydrogen (secondary N) is 1. The Hall–Kier alpha value is -1.05. The van der Waals surface area contributed by atoms with Gasteiger partial charge in [0.15, 0.2) is 0 Å². The predicted molar refractivity (Wildman–Crippen MR) is 59.6 cm³/mol. The van der Waals surface area contributed by atoms with Crippen molar-refractivity contribution in [3.8, 4) is 0 Å². The van der Waals surface area contributed by atoms with E-state index in [1.807, 2.05) is 12.1 Å². The molecule has 2 aliphatic rings. The van der Waals surface area contributed by atoms with Gasteiger partial charge in [-0.05, 0) is 55.7 Å². The molecule has 2 saturated carbocycles. The summed E-state index contributed by atoms with van der Waals surface area (Å²) in [6, 6.07) is 6.21. The minimum atomic E-state index is -0.0261. The van der Waals surface area contributed by atoms with E-state index in [2.05, 4.69) is 5.32 Å². The molecule has 1 aromatic carbocycles. The Bertz CT molecular complexity index is 367. The lowest BCUT2D eigenvalue weighted by atomic mass is 9.93. The van der Waals surface area contributed by atoms with Crippen LogP contribution in [0, 0.1) is 5.82 Å². The van der Waals surface area contributed by atoms with Crippen molar-refractivity contribution in [2.24, 2.45) is 0 Å². The van der Waals surface area contributed by atoms with Crippen LogP contribution in [0.25, 0.3) is 0 Å². The van der Waals surface area contributed by atoms with E-state index in [0.29, 0.717) is 12.0 Å². The van der Waals surface area contributed by atoms with E-state index in [4.69, 9.17) is 0 Å². The zero-order valence-electron chi connectivity index (χ0n) is 8.80. The fraction of sp³-hybridized carbons (Fsp3) is 0.538. The minimum Gasteiger partial charge on any atom is -0.382 e. The van der Waals surface area contributed by atoms with Gasteiger partial charge in [-0.25, -0.2) is 4.39 Å². The smallest absolute Gasteiger partial charge is 0.128 e. The lowest BCUT2D eigenvalue weighted by Gasteiger charge is -2.27. The Morgan fingerprint density at radius 2 is 1.93 bits per heavy atom. The molecule has 0 radical (unpaired) electrons. The standard InChI is InChI=1S/C13H16FN/c14-13-8-11(15-10-2-1-3-10)6-7-12(13)9-4-5-9/h6-10,15H,1-5H2. The second-order valence-corrected chi connectivity index (χ2v) is 4.78. The van der Waals surface area contributed by atoms with Crippen LogP contribution in [0.15, 0.2) is 18.2 Å². The first kappa shape index (κ1) is 9.20. The first-order valence-electron chi connectivity index (χ1n) is 5.89. The molecule has 3 rings (SSSR count). The number of rotatable bonds is 3. The maximum atomic E-state index is 13.7. The third-order valence-electron chi connectivity index (χ3n) is 3.49. The normalized spacial score (nSPS) is 21.1. The molecule has 2 aliphatic carbocycles. The third-order valence-corrected chi connectivity index (χ3v) is 3.49. The van der Waals surface area contributed by atoms with E-state index in [1.165, 1.54) is 19.3 Å². The molecule has 1 N–H and O–H groups in total. The molecule has 1 nitrogen and oxygen atoms in total. The first-order chi connectivity index (χ1) is 7.33. The van der Waals surface area contributed by atoms with Gasteiger partial charge in [0.25, 0.3) is 0 Å². The Morgan fingerprint density at radius 3 is 2.47 bits per heavy atom. The van der Waals surface area contributed by atoms with Gasteiger partial charge >= 0.3 is 0 Å². The minimum absolute atomic E-state index is 0.0261. The Balaban J connectivity index is 1.75. The van der Waals surface area contributed by atoms with Crippen LogP contribution in [0.2, 0.25) is 0 Å². The number of anilines is 1. The van der Waals surface area contributed by atoms with Crippen LogP contribution in [-0.2, 0) is 0 Å². The van der Waals surface area contributed by atoms with Gasteiger partial charge in [-0.2, -0.15) is 0 Å². The van der Waals surface area contributed by atoms with Crippen molar-refractivity contribution in [3.63, 3.8) is 0 Å². The van der Waals surface area contributed by atoms with Gasteiger partial charge in [-0.1, -0.05) is 6.07 Å². The van der Waals surface area contributed by atoms with E-state index < -0.39 is 0 Å². The molecule has 0 saturated heterocycles. The zero-order chi connectivity index (χ0) is 10.3. The lowest BCUT2D eigenvalue weighted by Crippen LogP contribution is -2.26. The molecule has 0 atom stereocenters. The molecule has 0 unspecified atom stereocenters. The number of benzene rings is 1. The molecule has 0 amide bonds. The molecule has 1 aromatic rings. The van der Waals surface area contributed by atoms with Crippen molar-refractivity contribution in [1.29, 1.82) is 0 Å². The van der Waals surface area contributed by atoms with Gasteiger partial charge in [0, 0.05) is 11.7 Å². The third kappa shape index (κ3) is 1.85. The van der Waals surface area contributed by atoms with Crippen LogP contribution in [0.3, 0.4) is 0 Å². The van der Waals surface area contributed by atoms with E-state index in [-0.39, 0.29) is 5.82 Å². The summed E-state index contributed by atoms with van der Waals surface area (Å²) in [7, 11) is 0. The SMILES string of the molecule is Fc1cc(NC2CCC2)ccc1C1CC1. The summed E-state index contributed by atoms with van der Waals surface area (Å²) >= 11 is 0. The van der Waals surface area contributed by atoms with E-state index in [0.717, 1.165) is 24.1 Å². The fourth-order valence-electron chi connectivity index (χ4n) is 2.13. The van der Waals surface area contributed by atoms with Crippen LogP contribution < -0.4 is 5.32 Å². The van der Waals surface area contributed by atoms with Gasteiger partial charge in [0.05, 0.1) is 0 Å². The van der Waals surface area contributed by atoms with Crippen molar-refractivity contribution in [2.45, 2.75) is 44.1 Å². The molecule has 15 heavy (non-hydrogen) atoms. The van der Waals surface area contributed by atoms with Crippen LogP contribution in [0.1, 0.15) is 43.6 Å². The highest BCUT2D eigenvalue weighted by Crippen LogP contribution is 2.41. The van der Waals surface area contributed by atoms with Gasteiger partial charge < -0.3 is 5.32 Å².